The smallest absolute Gasteiger partial charge is 0.302 e. The highest BCUT2D eigenvalue weighted by molar-refractivity contribution is 5.31. The molecule has 0 spiro atoms. The second-order valence-electron chi connectivity index (χ2n) is 8.08. The Kier molecular flexibility index (Phi) is 5.70. The van der Waals surface area contributed by atoms with Crippen LogP contribution in [-0.4, -0.2) is 30.1 Å². The lowest BCUT2D eigenvalue weighted by Gasteiger charge is -2.40. The summed E-state index contributed by atoms with van der Waals surface area (Å²) in [5.41, 5.74) is -0.832. The van der Waals surface area contributed by atoms with Gasteiger partial charge in [-0.25, -0.2) is 0 Å². The summed E-state index contributed by atoms with van der Waals surface area (Å²) >= 11 is 0. The molecular weight excluding hydrogens is 341 g/mol. The van der Waals surface area contributed by atoms with Crippen LogP contribution in [0, 0.1) is 10.8 Å². The zero-order chi connectivity index (χ0) is 18.8. The van der Waals surface area contributed by atoms with Gasteiger partial charge in [0.2, 0.25) is 0 Å². The molecular formula is C20H27F3N2O. The largest absolute Gasteiger partial charge is 0.416 e. The van der Waals surface area contributed by atoms with Crippen molar-refractivity contribution in [2.75, 3.05) is 19.6 Å². The molecule has 1 heterocycles. The normalized spacial score (nSPS) is 25.2. The van der Waals surface area contributed by atoms with Gasteiger partial charge < -0.3 is 4.90 Å². The van der Waals surface area contributed by atoms with E-state index in [9.17, 15) is 18.1 Å². The first-order chi connectivity index (χ1) is 12.3. The van der Waals surface area contributed by atoms with Gasteiger partial charge in [0.15, 0.2) is 0 Å². The topological polar surface area (TPSA) is 32.7 Å². The Morgan fingerprint density at radius 1 is 1.27 bits per heavy atom. The van der Waals surface area contributed by atoms with Gasteiger partial charge in [-0.05, 0) is 43.4 Å². The summed E-state index contributed by atoms with van der Waals surface area (Å²) in [5.74, 6) is 0.302. The summed E-state index contributed by atoms with van der Waals surface area (Å²) in [6, 6.07) is 5.52. The third kappa shape index (κ3) is 4.11. The molecule has 2 fully saturated rings. The molecule has 0 N–H and O–H groups in total. The zero-order valence-corrected chi connectivity index (χ0v) is 15.3. The lowest BCUT2D eigenvalue weighted by Crippen LogP contribution is -2.42. The maximum Gasteiger partial charge on any atom is 0.416 e. The van der Waals surface area contributed by atoms with Gasteiger partial charge >= 0.3 is 6.18 Å². The van der Waals surface area contributed by atoms with Gasteiger partial charge in [0, 0.05) is 19.0 Å². The molecule has 1 aliphatic carbocycles. The van der Waals surface area contributed by atoms with E-state index < -0.39 is 17.3 Å². The molecule has 6 heteroatoms. The number of rotatable bonds is 5. The van der Waals surface area contributed by atoms with Gasteiger partial charge in [0.1, 0.15) is 5.54 Å². The highest BCUT2D eigenvalue weighted by Gasteiger charge is 2.44. The molecule has 144 valence electrons. The first kappa shape index (κ1) is 19.3. The van der Waals surface area contributed by atoms with E-state index in [-0.39, 0.29) is 5.92 Å². The molecule has 2 atom stereocenters. The second-order valence-corrected chi connectivity index (χ2v) is 8.08. The number of nitroso groups, excluding NO2 is 1. The van der Waals surface area contributed by atoms with Gasteiger partial charge in [-0.2, -0.15) is 18.1 Å². The van der Waals surface area contributed by atoms with Crippen molar-refractivity contribution in [3.05, 3.63) is 40.3 Å². The first-order valence-electron chi connectivity index (χ1n) is 9.58. The van der Waals surface area contributed by atoms with Gasteiger partial charge in [-0.15, -0.1) is 0 Å². The van der Waals surface area contributed by atoms with Gasteiger partial charge in [0.25, 0.3) is 0 Å². The fraction of sp³-hybridized carbons (Fsp3) is 0.700. The van der Waals surface area contributed by atoms with Crippen LogP contribution >= 0.6 is 0 Å². The summed E-state index contributed by atoms with van der Waals surface area (Å²) in [6.07, 6.45) is 0.942. The van der Waals surface area contributed by atoms with E-state index in [2.05, 4.69) is 17.0 Å². The summed E-state index contributed by atoms with van der Waals surface area (Å²) < 4.78 is 39.6. The van der Waals surface area contributed by atoms with Crippen LogP contribution in [0.3, 0.4) is 0 Å². The molecule has 0 radical (unpaired) electrons. The number of hydrogen-bond acceptors (Lipinski definition) is 3. The maximum absolute atomic E-state index is 13.2. The van der Waals surface area contributed by atoms with E-state index in [1.54, 1.807) is 6.07 Å². The molecule has 1 aromatic carbocycles. The minimum atomic E-state index is -4.38. The van der Waals surface area contributed by atoms with Crippen molar-refractivity contribution in [3.63, 3.8) is 0 Å². The van der Waals surface area contributed by atoms with E-state index in [1.165, 1.54) is 12.1 Å². The number of nitrogens with zero attached hydrogens (tertiary/aromatic N) is 2. The molecule has 1 saturated carbocycles. The Balaban J connectivity index is 1.95. The van der Waals surface area contributed by atoms with Crippen LogP contribution in [-0.2, 0) is 6.18 Å². The third-order valence-corrected chi connectivity index (χ3v) is 6.11. The molecule has 3 rings (SSSR count). The summed E-state index contributed by atoms with van der Waals surface area (Å²) in [7, 11) is 0. The molecule has 0 aromatic heterocycles. The van der Waals surface area contributed by atoms with Crippen molar-refractivity contribution in [1.29, 1.82) is 0 Å². The van der Waals surface area contributed by atoms with E-state index >= 15 is 0 Å². The summed E-state index contributed by atoms with van der Waals surface area (Å²) in [4.78, 5) is 14.2. The summed E-state index contributed by atoms with van der Waals surface area (Å²) in [5, 5.41) is 3.55. The zero-order valence-electron chi connectivity index (χ0n) is 15.3. The first-order valence-corrected chi connectivity index (χ1v) is 9.58. The van der Waals surface area contributed by atoms with Crippen molar-refractivity contribution in [2.45, 2.75) is 63.1 Å². The molecule has 0 amide bonds. The van der Waals surface area contributed by atoms with Crippen molar-refractivity contribution in [1.82, 2.24) is 4.90 Å². The third-order valence-electron chi connectivity index (χ3n) is 6.11. The minimum absolute atomic E-state index is 0.284. The van der Waals surface area contributed by atoms with E-state index in [1.807, 2.05) is 0 Å². The van der Waals surface area contributed by atoms with Gasteiger partial charge in [-0.3, -0.25) is 0 Å². The Morgan fingerprint density at radius 3 is 2.58 bits per heavy atom. The van der Waals surface area contributed by atoms with Crippen LogP contribution in [0.1, 0.15) is 62.5 Å². The van der Waals surface area contributed by atoms with Crippen molar-refractivity contribution >= 4 is 0 Å². The molecule has 1 aliphatic heterocycles. The van der Waals surface area contributed by atoms with Crippen LogP contribution in [0.4, 0.5) is 13.2 Å². The second kappa shape index (κ2) is 7.67. The highest BCUT2D eigenvalue weighted by atomic mass is 19.4. The van der Waals surface area contributed by atoms with E-state index in [4.69, 9.17) is 0 Å². The number of hydrogen-bond donors (Lipinski definition) is 0. The van der Waals surface area contributed by atoms with E-state index in [0.29, 0.717) is 30.9 Å². The quantitative estimate of drug-likeness (QED) is 0.634. The van der Waals surface area contributed by atoms with E-state index in [0.717, 1.165) is 44.8 Å². The Labute approximate surface area is 152 Å². The molecule has 1 saturated heterocycles. The Hall–Kier alpha value is -1.43. The fourth-order valence-corrected chi connectivity index (χ4v) is 4.64. The fourth-order valence-electron chi connectivity index (χ4n) is 4.64. The molecule has 1 unspecified atom stereocenters. The average molecular weight is 368 g/mol. The van der Waals surface area contributed by atoms with Crippen molar-refractivity contribution in [3.8, 4) is 0 Å². The predicted molar refractivity (Wildman–Crippen MR) is 96.0 cm³/mol. The lowest BCUT2D eigenvalue weighted by atomic mass is 9.70. The van der Waals surface area contributed by atoms with Crippen LogP contribution in [0.5, 0.6) is 0 Å². The van der Waals surface area contributed by atoms with Crippen molar-refractivity contribution < 1.29 is 13.2 Å². The van der Waals surface area contributed by atoms with Crippen LogP contribution < -0.4 is 0 Å². The Morgan fingerprint density at radius 2 is 2.00 bits per heavy atom. The number of alkyl halides is 3. The SMILES string of the molecule is C[C@H]1CCN(CC(c2cccc(C(F)(F)F)c2)C2(N=O)CCCCC2)C1. The highest BCUT2D eigenvalue weighted by Crippen LogP contribution is 2.44. The minimum Gasteiger partial charge on any atom is -0.302 e. The molecule has 1 aromatic rings. The Bertz CT molecular complexity index is 626. The number of likely N-dealkylation sites (tertiary alicyclic amines) is 1. The molecule has 26 heavy (non-hydrogen) atoms. The molecule has 2 aliphatic rings. The molecule has 3 nitrogen and oxygen atoms in total. The summed E-state index contributed by atoms with van der Waals surface area (Å²) in [6.45, 7) is 4.67. The average Bonchev–Trinajstić information content (AvgIpc) is 3.05. The van der Waals surface area contributed by atoms with Crippen LogP contribution in [0.15, 0.2) is 29.4 Å². The number of benzene rings is 1. The van der Waals surface area contributed by atoms with Crippen molar-refractivity contribution in [2.24, 2.45) is 11.1 Å². The predicted octanol–water partition coefficient (Wildman–Crippen LogP) is 5.60. The standard InChI is InChI=1S/C20H27F3N2O/c1-15-8-11-25(13-15)14-18(19(24-26)9-3-2-4-10-19)16-6-5-7-17(12-16)20(21,22)23/h5-7,12,15,18H,2-4,8-11,13-14H2,1H3/t15-,18?/m0/s1. The number of halogens is 3. The van der Waals surface area contributed by atoms with Crippen LogP contribution in [0.25, 0.3) is 0 Å². The monoisotopic (exact) mass is 368 g/mol. The van der Waals surface area contributed by atoms with Crippen LogP contribution in [0.2, 0.25) is 0 Å². The lowest BCUT2D eigenvalue weighted by molar-refractivity contribution is -0.137. The van der Waals surface area contributed by atoms with Gasteiger partial charge in [0.05, 0.1) is 5.56 Å². The van der Waals surface area contributed by atoms with Gasteiger partial charge in [-0.1, -0.05) is 49.6 Å². The maximum atomic E-state index is 13.2. The molecule has 0 bridgehead atoms.